The molecule has 0 fully saturated rings. The topological polar surface area (TPSA) is 3.24 Å². The molecule has 1 aliphatic rings. The number of anilines is 1. The number of rotatable bonds is 5. The number of hydrogen-bond donors (Lipinski definition) is 0. The molecule has 1 atom stereocenters. The molecule has 157 valence electrons. The van der Waals surface area contributed by atoms with Gasteiger partial charge < -0.3 is 24.8 Å². The molecule has 0 aromatic heterocycles. The van der Waals surface area contributed by atoms with E-state index in [9.17, 15) is 0 Å². The average Bonchev–Trinajstić information content (AvgIpc) is 3.20. The first-order valence-electron chi connectivity index (χ1n) is 10.3. The van der Waals surface area contributed by atoms with Crippen molar-refractivity contribution in [3.63, 3.8) is 0 Å². The van der Waals surface area contributed by atoms with Crippen LogP contribution in [0.2, 0.25) is 0 Å². The Hall–Kier alpha value is -2.29. The molecule has 1 nitrogen and oxygen atoms in total. The first kappa shape index (κ1) is 24.4. The molecule has 4 aromatic rings. The van der Waals surface area contributed by atoms with Crippen LogP contribution in [-0.4, -0.2) is 0 Å². The Morgan fingerprint density at radius 1 is 0.625 bits per heavy atom. The number of fused-ring (bicyclic) bond motifs is 1. The van der Waals surface area contributed by atoms with E-state index in [1.54, 1.807) is 0 Å². The van der Waals surface area contributed by atoms with E-state index in [2.05, 4.69) is 139 Å². The van der Waals surface area contributed by atoms with Crippen LogP contribution in [0.25, 0.3) is 11.6 Å². The molecular weight excluding hydrogens is 469 g/mol. The van der Waals surface area contributed by atoms with Crippen LogP contribution in [0.3, 0.4) is 0 Å². The molecule has 0 heterocycles. The summed E-state index contributed by atoms with van der Waals surface area (Å²) >= 11 is 2.17. The zero-order valence-corrected chi connectivity index (χ0v) is 20.5. The van der Waals surface area contributed by atoms with Crippen molar-refractivity contribution in [2.75, 3.05) is 3.38 Å². The molecule has 1 aliphatic carbocycles. The van der Waals surface area contributed by atoms with Crippen molar-refractivity contribution in [2.24, 2.45) is 0 Å². The number of halogens is 2. The zero-order valence-electron chi connectivity index (χ0n) is 17.5. The second kappa shape index (κ2) is 11.0. The average molecular weight is 491 g/mol. The van der Waals surface area contributed by atoms with Gasteiger partial charge in [-0.05, 0) is 0 Å². The summed E-state index contributed by atoms with van der Waals surface area (Å²) < 4.78 is 2.32. The van der Waals surface area contributed by atoms with Crippen LogP contribution < -0.4 is 28.2 Å². The van der Waals surface area contributed by atoms with Crippen LogP contribution in [0.5, 0.6) is 0 Å². The number of hydrogen-bond acceptors (Lipinski definition) is 1. The van der Waals surface area contributed by atoms with E-state index in [1.165, 1.54) is 39.1 Å². The normalized spacial score (nSPS) is 13.9. The molecule has 4 aromatic carbocycles. The van der Waals surface area contributed by atoms with Crippen molar-refractivity contribution in [3.8, 4) is 0 Å². The van der Waals surface area contributed by atoms with Gasteiger partial charge in [0.25, 0.3) is 0 Å². The van der Waals surface area contributed by atoms with Crippen molar-refractivity contribution in [2.45, 2.75) is 12.5 Å². The van der Waals surface area contributed by atoms with Crippen LogP contribution in [0.4, 0.5) is 5.69 Å². The Kier molecular flexibility index (Phi) is 8.40. The Morgan fingerprint density at radius 3 is 1.91 bits per heavy atom. The molecule has 32 heavy (non-hydrogen) atoms. The Balaban J connectivity index is 0.00000144. The molecule has 0 amide bonds. The quantitative estimate of drug-likeness (QED) is 0.375. The van der Waals surface area contributed by atoms with Crippen LogP contribution in [-0.2, 0) is 27.2 Å². The maximum absolute atomic E-state index is 2.37. The van der Waals surface area contributed by atoms with E-state index >= 15 is 0 Å². The molecule has 0 saturated heterocycles. The van der Waals surface area contributed by atoms with Crippen molar-refractivity contribution in [3.05, 3.63) is 137 Å². The van der Waals surface area contributed by atoms with E-state index in [0.29, 0.717) is 0 Å². The fourth-order valence-electron chi connectivity index (χ4n) is 4.37. The van der Waals surface area contributed by atoms with Gasteiger partial charge in [0.05, 0.1) is 0 Å². The van der Waals surface area contributed by atoms with Gasteiger partial charge >= 0.3 is 191 Å². The van der Waals surface area contributed by atoms with Crippen LogP contribution in [0.1, 0.15) is 33.7 Å². The summed E-state index contributed by atoms with van der Waals surface area (Å²) in [4.78, 5) is 0. The minimum absolute atomic E-state index is 0. The van der Waals surface area contributed by atoms with Gasteiger partial charge in [-0.2, -0.15) is 0 Å². The van der Waals surface area contributed by atoms with Gasteiger partial charge in [0, 0.05) is 0 Å². The van der Waals surface area contributed by atoms with E-state index in [1.807, 2.05) is 0 Å². The standard InChI is InChI=1S/C28H22N.2ClH.Ti/c1-3-11-21(12-4-1)27-19-22-13-7-9-17-25(22)28(27)26-18-10-8-14-23(26)20-29-24-15-5-2-6-16-24;;;/h1-19,28H,20H2;2*1H;/q-1;;;+3/p-2. The molecule has 0 radical (unpaired) electrons. The van der Waals surface area contributed by atoms with Gasteiger partial charge in [-0.15, -0.1) is 0 Å². The Morgan fingerprint density at radius 2 is 1.19 bits per heavy atom. The molecule has 0 spiro atoms. The first-order valence-corrected chi connectivity index (χ1v) is 11.0. The molecule has 0 bridgehead atoms. The second-order valence-electron chi connectivity index (χ2n) is 7.65. The van der Waals surface area contributed by atoms with E-state index < -0.39 is 0 Å². The van der Waals surface area contributed by atoms with Gasteiger partial charge in [-0.1, -0.05) is 0 Å². The number of nitrogens with zero attached hydrogens (tertiary/aromatic N) is 1. The summed E-state index contributed by atoms with van der Waals surface area (Å²) in [7, 11) is 0. The molecule has 0 N–H and O–H groups in total. The molecule has 0 aliphatic heterocycles. The third kappa shape index (κ3) is 4.87. The number of allylic oxidation sites excluding steroid dienone is 1. The van der Waals surface area contributed by atoms with Crippen LogP contribution in [0.15, 0.2) is 109 Å². The van der Waals surface area contributed by atoms with Gasteiger partial charge in [0.2, 0.25) is 0 Å². The predicted molar refractivity (Wildman–Crippen MR) is 122 cm³/mol. The fraction of sp³-hybridized carbons (Fsp3) is 0.0714. The molecule has 1 unspecified atom stereocenters. The van der Waals surface area contributed by atoms with E-state index in [-0.39, 0.29) is 30.7 Å². The maximum atomic E-state index is 2.37. The van der Waals surface area contributed by atoms with E-state index in [0.717, 1.165) is 6.54 Å². The number of benzene rings is 4. The predicted octanol–water partition coefficient (Wildman–Crippen LogP) is 0.849. The van der Waals surface area contributed by atoms with Gasteiger partial charge in [0.15, 0.2) is 0 Å². The fourth-order valence-corrected chi connectivity index (χ4v) is 4.87. The Labute approximate surface area is 214 Å². The summed E-state index contributed by atoms with van der Waals surface area (Å²) in [6.07, 6.45) is 2.37. The third-order valence-corrected chi connectivity index (χ3v) is 6.45. The third-order valence-electron chi connectivity index (χ3n) is 5.80. The molecule has 5 rings (SSSR count). The molecular formula is C28H22Cl2NTi. The minimum atomic E-state index is 0. The van der Waals surface area contributed by atoms with Crippen LogP contribution >= 0.6 is 0 Å². The van der Waals surface area contributed by atoms with Crippen molar-refractivity contribution in [1.82, 2.24) is 0 Å². The number of para-hydroxylation sites is 1. The summed E-state index contributed by atoms with van der Waals surface area (Å²) in [6.45, 7) is 0.876. The van der Waals surface area contributed by atoms with Gasteiger partial charge in [-0.25, -0.2) is 0 Å². The SMILES string of the molecule is [Cl-].[Cl-].[Ti+2][N](Cc1ccccc1C1C(c2ccccc2)=Cc2ccccc21)c1ccccc1. The summed E-state index contributed by atoms with van der Waals surface area (Å²) in [6, 6.07) is 39.1. The van der Waals surface area contributed by atoms with Crippen molar-refractivity contribution < 1.29 is 45.5 Å². The van der Waals surface area contributed by atoms with Crippen molar-refractivity contribution in [1.29, 1.82) is 0 Å². The summed E-state index contributed by atoms with van der Waals surface area (Å²) in [5, 5.41) is 0. The monoisotopic (exact) mass is 490 g/mol. The zero-order chi connectivity index (χ0) is 20.3. The second-order valence-corrected chi connectivity index (χ2v) is 8.49. The Bertz CT molecular complexity index is 1190. The van der Waals surface area contributed by atoms with Crippen molar-refractivity contribution >= 4 is 17.3 Å². The summed E-state index contributed by atoms with van der Waals surface area (Å²) in [5.41, 5.74) is 9.39. The molecule has 0 saturated carbocycles. The van der Waals surface area contributed by atoms with E-state index in [4.69, 9.17) is 0 Å². The molecule has 4 heteroatoms. The van der Waals surface area contributed by atoms with Crippen LogP contribution in [0, 0.1) is 0 Å². The first-order chi connectivity index (χ1) is 14.8. The van der Waals surface area contributed by atoms with Gasteiger partial charge in [0.1, 0.15) is 0 Å². The van der Waals surface area contributed by atoms with Gasteiger partial charge in [-0.3, -0.25) is 0 Å². The summed E-state index contributed by atoms with van der Waals surface area (Å²) in [5.74, 6) is 0.254.